The molecule has 6 heteroatoms. The third-order valence-electron chi connectivity index (χ3n) is 25.9. The quantitative estimate of drug-likeness (QED) is 0.128. The Hall–Kier alpha value is -16.8. The lowest BCUT2D eigenvalue weighted by molar-refractivity contribution is 1.18. The molecule has 0 saturated carbocycles. The number of para-hydroxylation sites is 4. The molecule has 6 nitrogen and oxygen atoms in total. The van der Waals surface area contributed by atoms with Crippen LogP contribution in [0.4, 0.5) is 0 Å². The van der Waals surface area contributed by atoms with E-state index in [1.807, 2.05) is 0 Å². The summed E-state index contributed by atoms with van der Waals surface area (Å²) in [5.74, 6) is 1.40. The summed E-state index contributed by atoms with van der Waals surface area (Å²) in [4.78, 5) is 21.0. The summed E-state index contributed by atoms with van der Waals surface area (Å²) < 4.78 is 4.91. The van der Waals surface area contributed by atoms with Crippen molar-refractivity contribution in [3.63, 3.8) is 0 Å². The lowest BCUT2D eigenvalue weighted by Crippen LogP contribution is -1.96. The zero-order valence-corrected chi connectivity index (χ0v) is 68.4. The van der Waals surface area contributed by atoms with Crippen molar-refractivity contribution in [3.05, 3.63) is 449 Å². The maximum atomic E-state index is 5.26. The van der Waals surface area contributed by atoms with Crippen molar-refractivity contribution in [1.29, 1.82) is 0 Å². The van der Waals surface area contributed by atoms with Crippen molar-refractivity contribution in [3.8, 4) is 101 Å². The van der Waals surface area contributed by atoms with Crippen molar-refractivity contribution < 1.29 is 0 Å². The first-order valence-corrected chi connectivity index (χ1v) is 43.1. The molecule has 584 valence electrons. The zero-order chi connectivity index (χ0) is 82.9. The van der Waals surface area contributed by atoms with Crippen LogP contribution in [0.2, 0.25) is 0 Å². The molecule has 4 heterocycles. The molecular formula is C120H74N6. The van der Waals surface area contributed by atoms with Crippen LogP contribution in [0, 0.1) is 0 Å². The van der Waals surface area contributed by atoms with Gasteiger partial charge in [-0.3, -0.25) is 0 Å². The molecule has 0 atom stereocenters. The van der Waals surface area contributed by atoms with Crippen molar-refractivity contribution in [1.82, 2.24) is 29.1 Å². The third-order valence-corrected chi connectivity index (χ3v) is 25.9. The molecule has 26 aromatic rings. The van der Waals surface area contributed by atoms with Crippen LogP contribution < -0.4 is 0 Å². The van der Waals surface area contributed by atoms with Gasteiger partial charge in [0.15, 0.2) is 11.6 Å². The lowest BCUT2D eigenvalue weighted by Gasteiger charge is -2.16. The van der Waals surface area contributed by atoms with Crippen LogP contribution in [-0.2, 0) is 0 Å². The average molecular weight is 1600 g/mol. The van der Waals surface area contributed by atoms with E-state index in [4.69, 9.17) is 19.9 Å². The minimum absolute atomic E-state index is 0.696. The van der Waals surface area contributed by atoms with Gasteiger partial charge < -0.3 is 9.13 Å². The predicted octanol–water partition coefficient (Wildman–Crippen LogP) is 32.0. The minimum atomic E-state index is 0.696. The minimum Gasteiger partial charge on any atom is -0.309 e. The number of aromatic nitrogens is 6. The van der Waals surface area contributed by atoms with E-state index in [9.17, 15) is 0 Å². The van der Waals surface area contributed by atoms with Gasteiger partial charge in [0.2, 0.25) is 0 Å². The number of rotatable bonds is 10. The maximum Gasteiger partial charge on any atom is 0.160 e. The van der Waals surface area contributed by atoms with E-state index in [1.54, 1.807) is 0 Å². The first-order chi connectivity index (χ1) is 62.5. The standard InChI is InChI=1S/2C60H37N3/c1-2-18-46(19-3-1)63-56-25-13-12-24-51(56)58-57-49-22-10-8-20-47(49)52(36-53(57)48-21-9-11-23-50(48)59(58)63)40-28-30-41(31-29-40)60-61-54(44-32-26-38-14-4-6-16-42(38)34-44)37-55(62-60)45-33-27-39-15-5-7-17-43(39)35-45;1-2-18-46(19-3-1)63-56-25-13-12-24-51(56)58-57-49-22-10-8-20-47(49)52(36-53(57)48-21-9-11-23-50(48)59(58)63)40-28-30-41(31-29-40)54-37-55(44-32-26-38-14-4-6-16-42(38)34-44)62-60(61-54)45-33-27-39-15-5-7-17-43(39)35-45/h2*1-37H. The van der Waals surface area contributed by atoms with Gasteiger partial charge in [0.05, 0.1) is 44.8 Å². The van der Waals surface area contributed by atoms with Crippen LogP contribution in [0.1, 0.15) is 0 Å². The van der Waals surface area contributed by atoms with Gasteiger partial charge >= 0.3 is 0 Å². The maximum absolute atomic E-state index is 5.26. The summed E-state index contributed by atoms with van der Waals surface area (Å²) in [6, 6.07) is 162. The Morgan fingerprint density at radius 3 is 0.810 bits per heavy atom. The highest BCUT2D eigenvalue weighted by atomic mass is 15.0. The Labute approximate surface area is 725 Å². The highest BCUT2D eigenvalue weighted by Gasteiger charge is 2.26. The Kier molecular flexibility index (Phi) is 16.9. The molecule has 22 aromatic carbocycles. The Bertz CT molecular complexity index is 8240. The van der Waals surface area contributed by atoms with Gasteiger partial charge in [-0.25, -0.2) is 19.9 Å². The van der Waals surface area contributed by atoms with Gasteiger partial charge in [-0.1, -0.05) is 364 Å². The second-order valence-corrected chi connectivity index (χ2v) is 33.0. The van der Waals surface area contributed by atoms with Gasteiger partial charge in [0, 0.05) is 87.8 Å². The Balaban J connectivity index is 0.000000137. The van der Waals surface area contributed by atoms with Gasteiger partial charge in [0.1, 0.15) is 0 Å². The molecule has 0 aliphatic heterocycles. The van der Waals surface area contributed by atoms with Crippen molar-refractivity contribution in [2.75, 3.05) is 0 Å². The lowest BCUT2D eigenvalue weighted by atomic mass is 9.88. The van der Waals surface area contributed by atoms with Crippen LogP contribution >= 0.6 is 0 Å². The average Bonchev–Trinajstić information content (AvgIpc) is 1.53. The van der Waals surface area contributed by atoms with Gasteiger partial charge in [0.25, 0.3) is 0 Å². The fourth-order valence-electron chi connectivity index (χ4n) is 20.0. The van der Waals surface area contributed by atoms with Gasteiger partial charge in [-0.2, -0.15) is 0 Å². The van der Waals surface area contributed by atoms with Gasteiger partial charge in [-0.05, 0) is 193 Å². The van der Waals surface area contributed by atoms with Crippen LogP contribution in [0.3, 0.4) is 0 Å². The molecule has 0 amide bonds. The summed E-state index contributed by atoms with van der Waals surface area (Å²) in [7, 11) is 0. The first kappa shape index (κ1) is 72.1. The monoisotopic (exact) mass is 1600 g/mol. The third kappa shape index (κ3) is 12.0. The van der Waals surface area contributed by atoms with E-state index in [0.717, 1.165) is 78.7 Å². The number of hydrogen-bond acceptors (Lipinski definition) is 4. The molecule has 0 fully saturated rings. The van der Waals surface area contributed by atoms with Crippen LogP contribution in [0.15, 0.2) is 449 Å². The Morgan fingerprint density at radius 2 is 0.421 bits per heavy atom. The van der Waals surface area contributed by atoms with Crippen LogP contribution in [-0.4, -0.2) is 29.1 Å². The molecule has 26 rings (SSSR count). The highest BCUT2D eigenvalue weighted by Crippen LogP contribution is 2.51. The molecule has 0 radical (unpaired) electrons. The second kappa shape index (κ2) is 29.5. The summed E-state index contributed by atoms with van der Waals surface area (Å²) in [6.07, 6.45) is 0. The van der Waals surface area contributed by atoms with Crippen LogP contribution in [0.5, 0.6) is 0 Å². The fraction of sp³-hybridized carbons (Fsp3) is 0. The van der Waals surface area contributed by atoms with E-state index < -0.39 is 0 Å². The molecule has 4 aromatic heterocycles. The number of fused-ring (bicyclic) bond motifs is 24. The summed E-state index contributed by atoms with van der Waals surface area (Å²) in [6.45, 7) is 0. The normalized spacial score (nSPS) is 11.8. The Morgan fingerprint density at radius 1 is 0.151 bits per heavy atom. The van der Waals surface area contributed by atoms with E-state index >= 15 is 0 Å². The smallest absolute Gasteiger partial charge is 0.160 e. The van der Waals surface area contributed by atoms with E-state index in [-0.39, 0.29) is 0 Å². The summed E-state index contributed by atoms with van der Waals surface area (Å²) in [5.41, 5.74) is 21.7. The predicted molar refractivity (Wildman–Crippen MR) is 531 cm³/mol. The van der Waals surface area contributed by atoms with E-state index in [0.29, 0.717) is 11.6 Å². The summed E-state index contributed by atoms with van der Waals surface area (Å²) in [5, 5.41) is 29.6. The summed E-state index contributed by atoms with van der Waals surface area (Å²) >= 11 is 0. The molecule has 0 aliphatic rings. The second-order valence-electron chi connectivity index (χ2n) is 33.0. The number of hydrogen-bond donors (Lipinski definition) is 0. The molecule has 0 spiro atoms. The molecule has 0 aliphatic carbocycles. The van der Waals surface area contributed by atoms with Crippen molar-refractivity contribution >= 4 is 151 Å². The van der Waals surface area contributed by atoms with Gasteiger partial charge in [-0.15, -0.1) is 0 Å². The first-order valence-electron chi connectivity index (χ1n) is 43.1. The SMILES string of the molecule is c1ccc(-n2c3ccccc3c3c4c5ccccc5c(-c5ccc(-c6cc(-c7ccc8ccccc8c7)nc(-c7ccc8ccccc8c7)n6)cc5)cc4c4ccccc4c32)cc1.c1ccc(-n2c3ccccc3c3c4c5ccccc5c(-c5ccc(-c6nc(-c7ccc8ccccc8c7)cc(-c7ccc8ccccc8c7)n6)cc5)cc4c4ccccc4c32)cc1. The largest absolute Gasteiger partial charge is 0.309 e. The van der Waals surface area contributed by atoms with Crippen molar-refractivity contribution in [2.24, 2.45) is 0 Å². The number of benzene rings is 22. The topological polar surface area (TPSA) is 61.4 Å². The molecule has 0 unspecified atom stereocenters. The van der Waals surface area contributed by atoms with Crippen LogP contribution in [0.25, 0.3) is 253 Å². The molecular weight excluding hydrogens is 1530 g/mol. The molecule has 126 heavy (non-hydrogen) atoms. The molecule has 0 saturated heterocycles. The number of nitrogens with zero attached hydrogens (tertiary/aromatic N) is 6. The zero-order valence-electron chi connectivity index (χ0n) is 68.4. The molecule has 0 bridgehead atoms. The van der Waals surface area contributed by atoms with E-state index in [1.165, 1.54) is 162 Å². The fourth-order valence-corrected chi connectivity index (χ4v) is 20.0. The highest BCUT2D eigenvalue weighted by molar-refractivity contribution is 6.40. The molecule has 0 N–H and O–H groups in total. The van der Waals surface area contributed by atoms with Crippen molar-refractivity contribution in [2.45, 2.75) is 0 Å². The van der Waals surface area contributed by atoms with E-state index in [2.05, 4.69) is 458 Å².